The normalized spacial score (nSPS) is 28.6. The number of rotatable bonds is 3. The van der Waals surface area contributed by atoms with Gasteiger partial charge in [0.25, 0.3) is 0 Å². The van der Waals surface area contributed by atoms with Crippen LogP contribution in [0.3, 0.4) is 0 Å². The number of alkyl carbamates (subject to hydrolysis) is 1. The zero-order valence-corrected chi connectivity index (χ0v) is 16.0. The summed E-state index contributed by atoms with van der Waals surface area (Å²) in [5, 5.41) is 6.04. The maximum atomic E-state index is 12.7. The van der Waals surface area contributed by atoms with Crippen LogP contribution >= 0.6 is 0 Å². The minimum Gasteiger partial charge on any atom is -0.450 e. The number of nitrogens with one attached hydrogen (secondary N) is 2. The molecule has 4 rings (SSSR count). The first-order chi connectivity index (χ1) is 13.1. The molecule has 2 heterocycles. The van der Waals surface area contributed by atoms with Gasteiger partial charge in [-0.3, -0.25) is 4.79 Å². The second kappa shape index (κ2) is 7.50. The first-order valence-corrected chi connectivity index (χ1v) is 10.2. The molecule has 1 aliphatic carbocycles. The van der Waals surface area contributed by atoms with E-state index in [-0.39, 0.29) is 23.5 Å². The molecule has 6 heteroatoms. The van der Waals surface area contributed by atoms with E-state index in [1.54, 1.807) is 0 Å². The van der Waals surface area contributed by atoms with E-state index >= 15 is 0 Å². The van der Waals surface area contributed by atoms with Crippen LogP contribution in [0.15, 0.2) is 24.3 Å². The van der Waals surface area contributed by atoms with E-state index in [2.05, 4.69) is 21.6 Å². The summed E-state index contributed by atoms with van der Waals surface area (Å²) < 4.78 is 4.98. The lowest BCUT2D eigenvalue weighted by atomic mass is 9.68. The molecule has 2 amide bonds. The maximum Gasteiger partial charge on any atom is 0.407 e. The second-order valence-electron chi connectivity index (χ2n) is 7.99. The highest BCUT2D eigenvalue weighted by Gasteiger charge is 2.49. The number of ether oxygens (including phenoxy) is 1. The third kappa shape index (κ3) is 3.43. The van der Waals surface area contributed by atoms with Gasteiger partial charge in [0.1, 0.15) is 0 Å². The van der Waals surface area contributed by atoms with Gasteiger partial charge in [-0.25, -0.2) is 4.79 Å². The van der Waals surface area contributed by atoms with Crippen LogP contribution in [0, 0.1) is 0 Å². The molecule has 2 aliphatic heterocycles. The summed E-state index contributed by atoms with van der Waals surface area (Å²) >= 11 is 0. The smallest absolute Gasteiger partial charge is 0.407 e. The predicted octanol–water partition coefficient (Wildman–Crippen LogP) is 3.03. The highest BCUT2D eigenvalue weighted by Crippen LogP contribution is 2.48. The maximum absolute atomic E-state index is 12.7. The van der Waals surface area contributed by atoms with E-state index in [1.165, 1.54) is 5.56 Å². The molecule has 146 valence electrons. The van der Waals surface area contributed by atoms with Crippen LogP contribution in [0.2, 0.25) is 0 Å². The van der Waals surface area contributed by atoms with Crippen molar-refractivity contribution in [2.75, 3.05) is 25.0 Å². The molecule has 0 atom stereocenters. The lowest BCUT2D eigenvalue weighted by Crippen LogP contribution is -2.50. The van der Waals surface area contributed by atoms with E-state index in [4.69, 9.17) is 4.74 Å². The topological polar surface area (TPSA) is 70.7 Å². The predicted molar refractivity (Wildman–Crippen MR) is 104 cm³/mol. The molecule has 2 fully saturated rings. The fourth-order valence-corrected chi connectivity index (χ4v) is 5.08. The molecule has 0 aromatic heterocycles. The molecule has 0 bridgehead atoms. The molecule has 1 saturated carbocycles. The average molecular weight is 371 g/mol. The molecule has 1 aromatic carbocycles. The standard InChI is InChI=1S/C21H29N3O3/c1-2-27-20(26)22-15-9-13-24(14-10-15)16-7-11-21(12-8-16)17-5-3-4-6-18(17)23-19(21)25/h3-6,15-16H,2,7-14H2,1H3,(H,22,26)(H,23,25). The largest absolute Gasteiger partial charge is 0.450 e. The van der Waals surface area contributed by atoms with Crippen molar-refractivity contribution < 1.29 is 14.3 Å². The number of benzene rings is 1. The summed E-state index contributed by atoms with van der Waals surface area (Å²) in [6, 6.07) is 8.89. The molecule has 1 aromatic rings. The first-order valence-electron chi connectivity index (χ1n) is 10.2. The number of nitrogens with zero attached hydrogens (tertiary/aromatic N) is 1. The summed E-state index contributed by atoms with van der Waals surface area (Å²) in [6.07, 6.45) is 5.56. The van der Waals surface area contributed by atoms with Crippen LogP contribution in [-0.4, -0.2) is 48.7 Å². The Kier molecular flexibility index (Phi) is 5.08. The Balaban J connectivity index is 1.32. The van der Waals surface area contributed by atoms with Crippen LogP contribution in [0.5, 0.6) is 0 Å². The molecule has 2 N–H and O–H groups in total. The second-order valence-corrected chi connectivity index (χ2v) is 7.99. The third-order valence-electron chi connectivity index (χ3n) is 6.58. The van der Waals surface area contributed by atoms with Crippen molar-refractivity contribution in [2.45, 2.75) is 62.9 Å². The monoisotopic (exact) mass is 371 g/mol. The van der Waals surface area contributed by atoms with Crippen molar-refractivity contribution in [1.82, 2.24) is 10.2 Å². The summed E-state index contributed by atoms with van der Waals surface area (Å²) in [5.41, 5.74) is 1.86. The minimum atomic E-state index is -0.323. The quantitative estimate of drug-likeness (QED) is 0.857. The number of fused-ring (bicyclic) bond motifs is 2. The molecule has 1 saturated heterocycles. The molecule has 0 unspecified atom stereocenters. The molecule has 6 nitrogen and oxygen atoms in total. The fourth-order valence-electron chi connectivity index (χ4n) is 5.08. The zero-order chi connectivity index (χ0) is 18.9. The summed E-state index contributed by atoms with van der Waals surface area (Å²) in [4.78, 5) is 26.8. The Morgan fingerprint density at radius 1 is 1.22 bits per heavy atom. The van der Waals surface area contributed by atoms with Gasteiger partial charge in [-0.1, -0.05) is 18.2 Å². The fraction of sp³-hybridized carbons (Fsp3) is 0.619. The highest BCUT2D eigenvalue weighted by atomic mass is 16.5. The van der Waals surface area contributed by atoms with Crippen molar-refractivity contribution in [3.05, 3.63) is 29.8 Å². The van der Waals surface area contributed by atoms with Gasteiger partial charge >= 0.3 is 6.09 Å². The van der Waals surface area contributed by atoms with E-state index in [0.717, 1.165) is 57.3 Å². The Labute approximate surface area is 160 Å². The van der Waals surface area contributed by atoms with Gasteiger partial charge in [-0.15, -0.1) is 0 Å². The van der Waals surface area contributed by atoms with E-state index < -0.39 is 0 Å². The number of hydrogen-bond donors (Lipinski definition) is 2. The Bertz CT molecular complexity index is 704. The SMILES string of the molecule is CCOC(=O)NC1CCN(C2CCC3(CC2)C(=O)Nc2ccccc23)CC1. The average Bonchev–Trinajstić information content (AvgIpc) is 2.95. The first kappa shape index (κ1) is 18.3. The molecule has 1 spiro atoms. The number of hydrogen-bond acceptors (Lipinski definition) is 4. The van der Waals surface area contributed by atoms with E-state index in [1.807, 2.05) is 25.1 Å². The Hall–Kier alpha value is -2.08. The van der Waals surface area contributed by atoms with Crippen molar-refractivity contribution in [3.8, 4) is 0 Å². The number of likely N-dealkylation sites (tertiary alicyclic amines) is 1. The van der Waals surface area contributed by atoms with Crippen molar-refractivity contribution >= 4 is 17.7 Å². The van der Waals surface area contributed by atoms with Gasteiger partial charge in [0.05, 0.1) is 12.0 Å². The summed E-state index contributed by atoms with van der Waals surface area (Å²) in [5.74, 6) is 0.180. The van der Waals surface area contributed by atoms with Gasteiger partial charge in [0.15, 0.2) is 0 Å². The highest BCUT2D eigenvalue weighted by molar-refractivity contribution is 6.06. The number of piperidine rings is 1. The molecule has 3 aliphatic rings. The summed E-state index contributed by atoms with van der Waals surface area (Å²) in [7, 11) is 0. The van der Waals surface area contributed by atoms with Gasteiger partial charge in [0, 0.05) is 30.9 Å². The van der Waals surface area contributed by atoms with Crippen molar-refractivity contribution in [1.29, 1.82) is 0 Å². The summed E-state index contributed by atoms with van der Waals surface area (Å²) in [6.45, 7) is 4.22. The van der Waals surface area contributed by atoms with Crippen LogP contribution in [0.1, 0.15) is 51.0 Å². The van der Waals surface area contributed by atoms with E-state index in [0.29, 0.717) is 12.6 Å². The molecular formula is C21H29N3O3. The van der Waals surface area contributed by atoms with Gasteiger partial charge in [-0.2, -0.15) is 0 Å². The number of carbonyl (C=O) groups is 2. The van der Waals surface area contributed by atoms with Crippen LogP contribution in [-0.2, 0) is 14.9 Å². The zero-order valence-electron chi connectivity index (χ0n) is 16.0. The lowest BCUT2D eigenvalue weighted by Gasteiger charge is -2.43. The Morgan fingerprint density at radius 3 is 2.63 bits per heavy atom. The molecular weight excluding hydrogens is 342 g/mol. The number of anilines is 1. The van der Waals surface area contributed by atoms with Crippen LogP contribution < -0.4 is 10.6 Å². The van der Waals surface area contributed by atoms with Crippen LogP contribution in [0.25, 0.3) is 0 Å². The third-order valence-corrected chi connectivity index (χ3v) is 6.58. The van der Waals surface area contributed by atoms with Crippen molar-refractivity contribution in [2.24, 2.45) is 0 Å². The number of carbonyl (C=O) groups excluding carboxylic acids is 2. The molecule has 27 heavy (non-hydrogen) atoms. The Morgan fingerprint density at radius 2 is 1.93 bits per heavy atom. The van der Waals surface area contributed by atoms with Gasteiger partial charge < -0.3 is 20.3 Å². The van der Waals surface area contributed by atoms with Gasteiger partial charge in [0.2, 0.25) is 5.91 Å². The van der Waals surface area contributed by atoms with Gasteiger partial charge in [-0.05, 0) is 57.1 Å². The molecule has 0 radical (unpaired) electrons. The minimum absolute atomic E-state index is 0.180. The van der Waals surface area contributed by atoms with Crippen LogP contribution in [0.4, 0.5) is 10.5 Å². The van der Waals surface area contributed by atoms with E-state index in [9.17, 15) is 9.59 Å². The number of para-hydroxylation sites is 1. The lowest BCUT2D eigenvalue weighted by molar-refractivity contribution is -0.122. The number of amides is 2. The van der Waals surface area contributed by atoms with Crippen molar-refractivity contribution in [3.63, 3.8) is 0 Å².